The molecule has 0 aliphatic carbocycles. The van der Waals surface area contributed by atoms with Gasteiger partial charge in [0.2, 0.25) is 0 Å². The predicted molar refractivity (Wildman–Crippen MR) is 95.5 cm³/mol. The van der Waals surface area contributed by atoms with Crippen molar-refractivity contribution < 1.29 is 4.79 Å². The number of aliphatic imine (C=N–C) groups is 1. The number of nitrogens with zero attached hydrogens (tertiary/aromatic N) is 2. The van der Waals surface area contributed by atoms with Gasteiger partial charge in [-0.2, -0.15) is 0 Å². The van der Waals surface area contributed by atoms with Gasteiger partial charge in [-0.25, -0.2) is 0 Å². The van der Waals surface area contributed by atoms with Gasteiger partial charge in [0, 0.05) is 5.56 Å². The highest BCUT2D eigenvalue weighted by Crippen LogP contribution is 2.31. The van der Waals surface area contributed by atoms with Gasteiger partial charge in [-0.15, -0.1) is 0 Å². The van der Waals surface area contributed by atoms with Gasteiger partial charge in [-0.1, -0.05) is 24.3 Å². The van der Waals surface area contributed by atoms with Crippen molar-refractivity contribution in [3.63, 3.8) is 0 Å². The molecule has 1 aliphatic rings. The average Bonchev–Trinajstić information content (AvgIpc) is 2.74. The normalized spacial score (nSPS) is 16.1. The summed E-state index contributed by atoms with van der Waals surface area (Å²) in [4.78, 5) is 19.5. The van der Waals surface area contributed by atoms with Crippen LogP contribution in [0.3, 0.4) is 0 Å². The first-order valence-corrected chi connectivity index (χ1v) is 7.89. The lowest BCUT2D eigenvalue weighted by Gasteiger charge is -2.22. The Morgan fingerprint density at radius 3 is 2.17 bits per heavy atom. The van der Waals surface area contributed by atoms with Crippen LogP contribution in [0.1, 0.15) is 47.8 Å². The van der Waals surface area contributed by atoms with Crippen LogP contribution in [0.15, 0.2) is 47.5 Å². The highest BCUT2D eigenvalue weighted by atomic mass is 16.2. The van der Waals surface area contributed by atoms with Crippen LogP contribution < -0.4 is 4.90 Å². The molecule has 3 heteroatoms. The molecular formula is C20H22N2O. The Morgan fingerprint density at radius 1 is 0.913 bits per heavy atom. The fourth-order valence-electron chi connectivity index (χ4n) is 2.73. The van der Waals surface area contributed by atoms with E-state index in [4.69, 9.17) is 4.99 Å². The van der Waals surface area contributed by atoms with Gasteiger partial charge in [0.05, 0.1) is 16.8 Å². The van der Waals surface area contributed by atoms with Gasteiger partial charge in [-0.05, 0) is 63.9 Å². The summed E-state index contributed by atoms with van der Waals surface area (Å²) < 4.78 is 0. The fraction of sp³-hybridized carbons (Fsp3) is 0.300. The van der Waals surface area contributed by atoms with E-state index in [0.29, 0.717) is 5.56 Å². The number of anilines is 1. The van der Waals surface area contributed by atoms with Crippen molar-refractivity contribution >= 4 is 17.4 Å². The second kappa shape index (κ2) is 5.34. The molecule has 0 atom stereocenters. The van der Waals surface area contributed by atoms with Crippen LogP contribution in [0.25, 0.3) is 0 Å². The van der Waals surface area contributed by atoms with E-state index < -0.39 is 0 Å². The zero-order valence-electron chi connectivity index (χ0n) is 14.3. The molecule has 3 nitrogen and oxygen atoms in total. The highest BCUT2D eigenvalue weighted by molar-refractivity contribution is 6.36. The number of benzene rings is 2. The summed E-state index contributed by atoms with van der Waals surface area (Å²) in [5.74, 6) is 0.730. The van der Waals surface area contributed by atoms with Crippen molar-refractivity contribution in [3.05, 3.63) is 64.7 Å². The largest absolute Gasteiger partial charge is 0.268 e. The number of carbonyl (C=O) groups excluding carboxylic acids is 1. The third-order valence-corrected chi connectivity index (χ3v) is 4.00. The first kappa shape index (κ1) is 15.5. The van der Waals surface area contributed by atoms with Crippen LogP contribution in [0.4, 0.5) is 5.69 Å². The van der Waals surface area contributed by atoms with Gasteiger partial charge in [0.1, 0.15) is 5.84 Å². The number of hydrogen-bond acceptors (Lipinski definition) is 2. The lowest BCUT2D eigenvalue weighted by molar-refractivity contribution is 0.101. The molecule has 2 aromatic rings. The maximum Gasteiger partial charge on any atom is 0.264 e. The number of carbonyl (C=O) groups is 1. The lowest BCUT2D eigenvalue weighted by atomic mass is 10.1. The summed E-state index contributed by atoms with van der Waals surface area (Å²) in [5, 5.41) is 0. The van der Waals surface area contributed by atoms with Gasteiger partial charge in [-0.3, -0.25) is 14.7 Å². The third-order valence-electron chi connectivity index (χ3n) is 4.00. The minimum Gasteiger partial charge on any atom is -0.268 e. The van der Waals surface area contributed by atoms with Crippen LogP contribution in [-0.2, 0) is 0 Å². The smallest absolute Gasteiger partial charge is 0.264 e. The molecule has 0 bridgehead atoms. The molecule has 23 heavy (non-hydrogen) atoms. The first-order valence-electron chi connectivity index (χ1n) is 7.89. The summed E-state index contributed by atoms with van der Waals surface area (Å²) >= 11 is 0. The summed E-state index contributed by atoms with van der Waals surface area (Å²) in [7, 11) is 0. The Labute approximate surface area is 137 Å². The zero-order valence-corrected chi connectivity index (χ0v) is 14.3. The van der Waals surface area contributed by atoms with Gasteiger partial charge in [0.25, 0.3) is 5.91 Å². The van der Waals surface area contributed by atoms with E-state index in [9.17, 15) is 4.79 Å². The van der Waals surface area contributed by atoms with E-state index in [1.54, 1.807) is 4.90 Å². The quantitative estimate of drug-likeness (QED) is 0.763. The Balaban J connectivity index is 2.20. The van der Waals surface area contributed by atoms with Crippen molar-refractivity contribution in [2.45, 2.75) is 40.2 Å². The molecule has 0 spiro atoms. The predicted octanol–water partition coefficient (Wildman–Crippen LogP) is 4.51. The van der Waals surface area contributed by atoms with Gasteiger partial charge in [0.15, 0.2) is 0 Å². The second-order valence-corrected chi connectivity index (χ2v) is 7.06. The molecule has 0 unspecified atom stereocenters. The van der Waals surface area contributed by atoms with E-state index in [-0.39, 0.29) is 11.4 Å². The van der Waals surface area contributed by atoms with Crippen LogP contribution in [0, 0.1) is 13.8 Å². The summed E-state index contributed by atoms with van der Waals surface area (Å²) in [6, 6.07) is 13.8. The van der Waals surface area contributed by atoms with E-state index in [1.807, 2.05) is 51.1 Å². The van der Waals surface area contributed by atoms with E-state index >= 15 is 0 Å². The number of amides is 1. The number of fused-ring (bicyclic) bond motifs is 1. The molecule has 2 aromatic carbocycles. The maximum atomic E-state index is 12.9. The molecule has 118 valence electrons. The zero-order chi connectivity index (χ0) is 16.8. The van der Waals surface area contributed by atoms with Gasteiger partial charge < -0.3 is 0 Å². The Kier molecular flexibility index (Phi) is 3.59. The van der Waals surface area contributed by atoms with Crippen molar-refractivity contribution in [1.82, 2.24) is 0 Å². The topological polar surface area (TPSA) is 32.7 Å². The molecular weight excluding hydrogens is 284 g/mol. The van der Waals surface area contributed by atoms with E-state index in [1.165, 1.54) is 11.1 Å². The average molecular weight is 306 g/mol. The number of aryl methyl sites for hydroxylation is 2. The van der Waals surface area contributed by atoms with Crippen molar-refractivity contribution in [2.75, 3.05) is 4.90 Å². The summed E-state index contributed by atoms with van der Waals surface area (Å²) in [6.45, 7) is 10.3. The maximum absolute atomic E-state index is 12.9. The first-order chi connectivity index (χ1) is 10.8. The Morgan fingerprint density at radius 2 is 1.57 bits per heavy atom. The minimum absolute atomic E-state index is 0.00754. The Bertz CT molecular complexity index is 813. The SMILES string of the molecule is Cc1ccc(N2C(=O)c3ccccc3C2=NC(C)(C)C)cc1C. The lowest BCUT2D eigenvalue weighted by Crippen LogP contribution is -2.32. The molecule has 1 heterocycles. The minimum atomic E-state index is -0.259. The van der Waals surface area contributed by atoms with Crippen LogP contribution in [-0.4, -0.2) is 17.3 Å². The van der Waals surface area contributed by atoms with Crippen molar-refractivity contribution in [3.8, 4) is 0 Å². The molecule has 3 rings (SSSR count). The monoisotopic (exact) mass is 306 g/mol. The van der Waals surface area contributed by atoms with Gasteiger partial charge >= 0.3 is 0 Å². The van der Waals surface area contributed by atoms with Crippen LogP contribution in [0.2, 0.25) is 0 Å². The Hall–Kier alpha value is -2.42. The van der Waals surface area contributed by atoms with Crippen molar-refractivity contribution in [1.29, 1.82) is 0 Å². The van der Waals surface area contributed by atoms with Crippen LogP contribution in [0.5, 0.6) is 0 Å². The molecule has 1 amide bonds. The highest BCUT2D eigenvalue weighted by Gasteiger charge is 2.35. The molecule has 0 N–H and O–H groups in total. The molecule has 0 radical (unpaired) electrons. The standard InChI is InChI=1S/C20H22N2O/c1-13-10-11-15(12-14(13)2)22-18(21-20(3,4)5)16-8-6-7-9-17(16)19(22)23/h6-12H,1-5H3. The van der Waals surface area contributed by atoms with E-state index in [0.717, 1.165) is 17.1 Å². The van der Waals surface area contributed by atoms with E-state index in [2.05, 4.69) is 26.0 Å². The summed E-state index contributed by atoms with van der Waals surface area (Å²) in [5.41, 5.74) is 4.62. The third kappa shape index (κ3) is 2.79. The molecule has 0 saturated carbocycles. The molecule has 0 aromatic heterocycles. The molecule has 0 saturated heterocycles. The number of amidine groups is 1. The van der Waals surface area contributed by atoms with Crippen LogP contribution >= 0.6 is 0 Å². The summed E-state index contributed by atoms with van der Waals surface area (Å²) in [6.07, 6.45) is 0. The number of hydrogen-bond donors (Lipinski definition) is 0. The fourth-order valence-corrected chi connectivity index (χ4v) is 2.73. The molecule has 0 fully saturated rings. The second-order valence-electron chi connectivity index (χ2n) is 7.06. The molecule has 1 aliphatic heterocycles. The number of rotatable bonds is 1. The van der Waals surface area contributed by atoms with Crippen molar-refractivity contribution in [2.24, 2.45) is 4.99 Å².